The van der Waals surface area contributed by atoms with E-state index < -0.39 is 0 Å². The van der Waals surface area contributed by atoms with E-state index in [9.17, 15) is 4.79 Å². The molecule has 1 aromatic heterocycles. The minimum atomic E-state index is -0.0108. The largest absolute Gasteiger partial charge is 0.497 e. The molecule has 20 heavy (non-hydrogen) atoms. The van der Waals surface area contributed by atoms with Gasteiger partial charge in [0, 0.05) is 5.56 Å². The Morgan fingerprint density at radius 2 is 1.90 bits per heavy atom. The van der Waals surface area contributed by atoms with Crippen LogP contribution in [0.25, 0.3) is 11.0 Å². The van der Waals surface area contributed by atoms with Crippen molar-refractivity contribution in [3.05, 3.63) is 54.1 Å². The molecule has 3 aromatic rings. The van der Waals surface area contributed by atoms with Gasteiger partial charge in [0.2, 0.25) is 0 Å². The van der Waals surface area contributed by atoms with E-state index in [0.29, 0.717) is 5.56 Å². The lowest BCUT2D eigenvalue weighted by atomic mass is 10.1. The fraction of sp³-hybridized carbons (Fsp3) is 0.133. The Balaban J connectivity index is 1.84. The maximum atomic E-state index is 12.2. The molecule has 1 heterocycles. The number of hydrogen-bond donors (Lipinski definition) is 0. The SMILES string of the molecule is COc1ccc(C(=O)Cn2nnc3ccccc32)cc1. The second-order valence-electron chi connectivity index (χ2n) is 4.39. The van der Waals surface area contributed by atoms with Crippen LogP contribution < -0.4 is 4.74 Å². The first-order valence-corrected chi connectivity index (χ1v) is 6.23. The van der Waals surface area contributed by atoms with Gasteiger partial charge in [-0.1, -0.05) is 17.3 Å². The van der Waals surface area contributed by atoms with Crippen LogP contribution in [0.5, 0.6) is 5.75 Å². The Hall–Kier alpha value is -2.69. The summed E-state index contributed by atoms with van der Waals surface area (Å²) < 4.78 is 6.69. The normalized spacial score (nSPS) is 10.7. The van der Waals surface area contributed by atoms with Gasteiger partial charge in [0.1, 0.15) is 17.8 Å². The molecule has 0 N–H and O–H groups in total. The third-order valence-electron chi connectivity index (χ3n) is 3.13. The number of aromatic nitrogens is 3. The molecule has 0 aliphatic rings. The third-order valence-corrected chi connectivity index (χ3v) is 3.13. The maximum absolute atomic E-state index is 12.2. The van der Waals surface area contributed by atoms with Crippen LogP contribution in [0, 0.1) is 0 Å². The van der Waals surface area contributed by atoms with E-state index in [0.717, 1.165) is 16.8 Å². The highest BCUT2D eigenvalue weighted by molar-refractivity contribution is 5.96. The van der Waals surface area contributed by atoms with Crippen molar-refractivity contribution in [2.45, 2.75) is 6.54 Å². The van der Waals surface area contributed by atoms with Crippen LogP contribution in [0.2, 0.25) is 0 Å². The highest BCUT2D eigenvalue weighted by Crippen LogP contribution is 2.14. The standard InChI is InChI=1S/C15H13N3O2/c1-20-12-8-6-11(7-9-12)15(19)10-18-14-5-3-2-4-13(14)16-17-18/h2-9H,10H2,1H3. The van der Waals surface area contributed by atoms with Crippen molar-refractivity contribution in [3.63, 3.8) is 0 Å². The molecule has 0 atom stereocenters. The van der Waals surface area contributed by atoms with Crippen molar-refractivity contribution in [2.75, 3.05) is 7.11 Å². The molecule has 0 spiro atoms. The minimum absolute atomic E-state index is 0.0108. The number of methoxy groups -OCH3 is 1. The fourth-order valence-corrected chi connectivity index (χ4v) is 2.04. The van der Waals surface area contributed by atoms with Crippen LogP contribution in [0.4, 0.5) is 0 Å². The van der Waals surface area contributed by atoms with Crippen molar-refractivity contribution >= 4 is 16.8 Å². The highest BCUT2D eigenvalue weighted by atomic mass is 16.5. The number of fused-ring (bicyclic) bond motifs is 1. The zero-order valence-corrected chi connectivity index (χ0v) is 11.0. The predicted molar refractivity (Wildman–Crippen MR) is 74.9 cm³/mol. The molecular formula is C15H13N3O2. The molecular weight excluding hydrogens is 254 g/mol. The average molecular weight is 267 g/mol. The summed E-state index contributed by atoms with van der Waals surface area (Å²) in [4.78, 5) is 12.2. The third kappa shape index (κ3) is 2.25. The van der Waals surface area contributed by atoms with Crippen LogP contribution in [0.1, 0.15) is 10.4 Å². The smallest absolute Gasteiger partial charge is 0.184 e. The van der Waals surface area contributed by atoms with Gasteiger partial charge in [-0.25, -0.2) is 4.68 Å². The molecule has 0 aliphatic heterocycles. The highest BCUT2D eigenvalue weighted by Gasteiger charge is 2.10. The van der Waals surface area contributed by atoms with Crippen molar-refractivity contribution < 1.29 is 9.53 Å². The molecule has 0 fully saturated rings. The number of para-hydroxylation sites is 1. The second-order valence-corrected chi connectivity index (χ2v) is 4.39. The average Bonchev–Trinajstić information content (AvgIpc) is 2.91. The summed E-state index contributed by atoms with van der Waals surface area (Å²) in [7, 11) is 1.60. The Morgan fingerprint density at radius 3 is 2.65 bits per heavy atom. The maximum Gasteiger partial charge on any atom is 0.184 e. The summed E-state index contributed by atoms with van der Waals surface area (Å²) in [6.45, 7) is 0.173. The molecule has 100 valence electrons. The van der Waals surface area contributed by atoms with Gasteiger partial charge >= 0.3 is 0 Å². The van der Waals surface area contributed by atoms with Gasteiger partial charge in [-0.15, -0.1) is 5.10 Å². The summed E-state index contributed by atoms with van der Waals surface area (Å²) in [5, 5.41) is 8.05. The molecule has 0 amide bonds. The van der Waals surface area contributed by atoms with Crippen LogP contribution in [0.3, 0.4) is 0 Å². The number of hydrogen-bond acceptors (Lipinski definition) is 4. The molecule has 0 unspecified atom stereocenters. The minimum Gasteiger partial charge on any atom is -0.497 e. The number of rotatable bonds is 4. The number of Topliss-reactive ketones (excluding diaryl/α,β-unsaturated/α-hetero) is 1. The lowest BCUT2D eigenvalue weighted by Gasteiger charge is -2.03. The van der Waals surface area contributed by atoms with E-state index in [4.69, 9.17) is 4.74 Å². The molecule has 5 nitrogen and oxygen atoms in total. The number of carbonyl (C=O) groups excluding carboxylic acids is 1. The number of benzene rings is 2. The summed E-state index contributed by atoms with van der Waals surface area (Å²) in [6.07, 6.45) is 0. The quantitative estimate of drug-likeness (QED) is 0.681. The van der Waals surface area contributed by atoms with Gasteiger partial charge in [-0.05, 0) is 36.4 Å². The van der Waals surface area contributed by atoms with Crippen LogP contribution >= 0.6 is 0 Å². The van der Waals surface area contributed by atoms with Crippen molar-refractivity contribution in [1.82, 2.24) is 15.0 Å². The summed E-state index contributed by atoms with van der Waals surface area (Å²) in [5.74, 6) is 0.719. The van der Waals surface area contributed by atoms with Crippen molar-refractivity contribution in [2.24, 2.45) is 0 Å². The van der Waals surface area contributed by atoms with Gasteiger partial charge < -0.3 is 4.74 Å². The van der Waals surface area contributed by atoms with E-state index in [1.807, 2.05) is 24.3 Å². The monoisotopic (exact) mass is 267 g/mol. The Kier molecular flexibility index (Phi) is 3.16. The van der Waals surface area contributed by atoms with E-state index in [-0.39, 0.29) is 12.3 Å². The zero-order chi connectivity index (χ0) is 13.9. The fourth-order valence-electron chi connectivity index (χ4n) is 2.04. The van der Waals surface area contributed by atoms with Gasteiger partial charge in [0.05, 0.1) is 12.6 Å². The van der Waals surface area contributed by atoms with Crippen LogP contribution in [-0.2, 0) is 6.54 Å². The summed E-state index contributed by atoms with van der Waals surface area (Å²) in [6, 6.07) is 14.6. The van der Waals surface area contributed by atoms with E-state index in [1.54, 1.807) is 36.1 Å². The lowest BCUT2D eigenvalue weighted by Crippen LogP contribution is -2.11. The molecule has 0 bridgehead atoms. The molecule has 5 heteroatoms. The van der Waals surface area contributed by atoms with Crippen LogP contribution in [-0.4, -0.2) is 27.9 Å². The van der Waals surface area contributed by atoms with E-state index in [1.165, 1.54) is 0 Å². The summed E-state index contributed by atoms with van der Waals surface area (Å²) >= 11 is 0. The van der Waals surface area contributed by atoms with Gasteiger partial charge in [-0.3, -0.25) is 4.79 Å². The number of ketones is 1. The van der Waals surface area contributed by atoms with E-state index in [2.05, 4.69) is 10.3 Å². The predicted octanol–water partition coefficient (Wildman–Crippen LogP) is 2.32. The van der Waals surface area contributed by atoms with Crippen molar-refractivity contribution in [1.29, 1.82) is 0 Å². The van der Waals surface area contributed by atoms with Crippen LogP contribution in [0.15, 0.2) is 48.5 Å². The number of ether oxygens (including phenoxy) is 1. The first-order chi connectivity index (χ1) is 9.78. The second kappa shape index (κ2) is 5.13. The Morgan fingerprint density at radius 1 is 1.15 bits per heavy atom. The number of nitrogens with zero attached hydrogens (tertiary/aromatic N) is 3. The van der Waals surface area contributed by atoms with Gasteiger partial charge in [0.25, 0.3) is 0 Å². The Bertz CT molecular complexity index is 747. The lowest BCUT2D eigenvalue weighted by molar-refractivity contribution is 0.0968. The molecule has 0 saturated heterocycles. The number of carbonyl (C=O) groups is 1. The molecule has 0 aliphatic carbocycles. The van der Waals surface area contributed by atoms with E-state index >= 15 is 0 Å². The molecule has 2 aromatic carbocycles. The molecule has 0 radical (unpaired) electrons. The topological polar surface area (TPSA) is 57.0 Å². The van der Waals surface area contributed by atoms with Gasteiger partial charge in [0.15, 0.2) is 5.78 Å². The van der Waals surface area contributed by atoms with Gasteiger partial charge in [-0.2, -0.15) is 0 Å². The molecule has 0 saturated carbocycles. The molecule has 3 rings (SSSR count). The zero-order valence-electron chi connectivity index (χ0n) is 11.0. The van der Waals surface area contributed by atoms with Crippen molar-refractivity contribution in [3.8, 4) is 5.75 Å². The first kappa shape index (κ1) is 12.3. The summed E-state index contributed by atoms with van der Waals surface area (Å²) in [5.41, 5.74) is 2.27. The Labute approximate surface area is 115 Å². The first-order valence-electron chi connectivity index (χ1n) is 6.23.